The molecule has 0 amide bonds. The molecule has 0 bridgehead atoms. The molecule has 5 heteroatoms. The molecular weight excluding hydrogens is 372 g/mol. The SMILES string of the molecule is CCNC(=NCC(O)CN1CCc2ccccc2C1)N1CCC(c2ccccc2)C1. The maximum Gasteiger partial charge on any atom is 0.194 e. The molecule has 2 aromatic carbocycles. The Balaban J connectivity index is 1.32. The standard InChI is InChI=1S/C25H34N4O/c1-2-26-25(29-15-13-23(18-29)20-8-4-3-5-9-20)27-16-24(30)19-28-14-12-21-10-6-7-11-22(21)17-28/h3-11,23-24,30H,2,12-19H2,1H3,(H,26,27). The first-order chi connectivity index (χ1) is 14.7. The van der Waals surface area contributed by atoms with Gasteiger partial charge in [-0.1, -0.05) is 54.6 Å². The summed E-state index contributed by atoms with van der Waals surface area (Å²) in [6.07, 6.45) is 1.75. The Morgan fingerprint density at radius 3 is 2.67 bits per heavy atom. The van der Waals surface area contributed by atoms with E-state index in [1.165, 1.54) is 16.7 Å². The molecule has 2 heterocycles. The van der Waals surface area contributed by atoms with Gasteiger partial charge in [0, 0.05) is 45.2 Å². The first-order valence-corrected chi connectivity index (χ1v) is 11.3. The quantitative estimate of drug-likeness (QED) is 0.572. The Morgan fingerprint density at radius 2 is 1.87 bits per heavy atom. The molecule has 0 spiro atoms. The van der Waals surface area contributed by atoms with E-state index in [1.807, 2.05) is 0 Å². The van der Waals surface area contributed by atoms with Gasteiger partial charge in [0.1, 0.15) is 0 Å². The topological polar surface area (TPSA) is 51.1 Å². The van der Waals surface area contributed by atoms with E-state index in [0.717, 1.165) is 51.5 Å². The molecule has 2 aromatic rings. The highest BCUT2D eigenvalue weighted by molar-refractivity contribution is 5.80. The number of hydrogen-bond acceptors (Lipinski definition) is 3. The van der Waals surface area contributed by atoms with E-state index in [4.69, 9.17) is 4.99 Å². The monoisotopic (exact) mass is 406 g/mol. The largest absolute Gasteiger partial charge is 0.390 e. The minimum atomic E-state index is -0.448. The van der Waals surface area contributed by atoms with E-state index in [9.17, 15) is 5.11 Å². The van der Waals surface area contributed by atoms with Crippen molar-refractivity contribution in [1.82, 2.24) is 15.1 Å². The Kier molecular flexibility index (Phi) is 7.03. The van der Waals surface area contributed by atoms with Gasteiger partial charge in [0.15, 0.2) is 5.96 Å². The van der Waals surface area contributed by atoms with Crippen molar-refractivity contribution < 1.29 is 5.11 Å². The highest BCUT2D eigenvalue weighted by atomic mass is 16.3. The fourth-order valence-corrected chi connectivity index (χ4v) is 4.63. The minimum absolute atomic E-state index is 0.437. The van der Waals surface area contributed by atoms with Crippen LogP contribution in [0.4, 0.5) is 0 Å². The molecule has 2 aliphatic rings. The van der Waals surface area contributed by atoms with Gasteiger partial charge in [-0.3, -0.25) is 9.89 Å². The molecule has 0 radical (unpaired) electrons. The van der Waals surface area contributed by atoms with Crippen molar-refractivity contribution in [2.75, 3.05) is 39.3 Å². The molecular formula is C25H34N4O. The number of aliphatic hydroxyl groups is 1. The molecule has 0 aliphatic carbocycles. The number of fused-ring (bicyclic) bond motifs is 1. The third kappa shape index (κ3) is 5.21. The Morgan fingerprint density at radius 1 is 1.10 bits per heavy atom. The molecule has 4 rings (SSSR count). The molecule has 160 valence electrons. The second kappa shape index (κ2) is 10.1. The van der Waals surface area contributed by atoms with Gasteiger partial charge in [-0.05, 0) is 36.5 Å². The first-order valence-electron chi connectivity index (χ1n) is 11.3. The van der Waals surface area contributed by atoms with Gasteiger partial charge in [-0.2, -0.15) is 0 Å². The molecule has 30 heavy (non-hydrogen) atoms. The summed E-state index contributed by atoms with van der Waals surface area (Å²) in [5.41, 5.74) is 4.23. The molecule has 0 aromatic heterocycles. The number of rotatable bonds is 6. The van der Waals surface area contributed by atoms with Gasteiger partial charge in [0.25, 0.3) is 0 Å². The molecule has 2 N–H and O–H groups in total. The van der Waals surface area contributed by atoms with Crippen molar-refractivity contribution in [3.8, 4) is 0 Å². The summed E-state index contributed by atoms with van der Waals surface area (Å²) in [5, 5.41) is 14.1. The summed E-state index contributed by atoms with van der Waals surface area (Å²) in [7, 11) is 0. The lowest BCUT2D eigenvalue weighted by molar-refractivity contribution is 0.111. The second-order valence-electron chi connectivity index (χ2n) is 8.44. The minimum Gasteiger partial charge on any atom is -0.390 e. The van der Waals surface area contributed by atoms with Crippen molar-refractivity contribution in [2.45, 2.75) is 38.3 Å². The van der Waals surface area contributed by atoms with Crippen LogP contribution in [0.25, 0.3) is 0 Å². The van der Waals surface area contributed by atoms with Crippen molar-refractivity contribution in [2.24, 2.45) is 4.99 Å². The summed E-state index contributed by atoms with van der Waals surface area (Å²) in [4.78, 5) is 9.47. The molecule has 1 fully saturated rings. The van der Waals surface area contributed by atoms with E-state index in [2.05, 4.69) is 76.6 Å². The normalized spacial score (nSPS) is 20.8. The van der Waals surface area contributed by atoms with Crippen LogP contribution >= 0.6 is 0 Å². The zero-order valence-electron chi connectivity index (χ0n) is 18.0. The summed E-state index contributed by atoms with van der Waals surface area (Å²) < 4.78 is 0. The average Bonchev–Trinajstić information content (AvgIpc) is 3.27. The van der Waals surface area contributed by atoms with E-state index in [1.54, 1.807) is 0 Å². The summed E-state index contributed by atoms with van der Waals surface area (Å²) in [6.45, 7) is 7.95. The molecule has 2 atom stereocenters. The number of benzene rings is 2. The number of β-amino-alcohol motifs (C(OH)–C–C–N with tert-alkyl or cyclic N) is 1. The van der Waals surface area contributed by atoms with Gasteiger partial charge in [0.2, 0.25) is 0 Å². The van der Waals surface area contributed by atoms with Crippen LogP contribution in [0.5, 0.6) is 0 Å². The van der Waals surface area contributed by atoms with Crippen LogP contribution in [0.2, 0.25) is 0 Å². The predicted octanol–water partition coefficient (Wildman–Crippen LogP) is 2.86. The van der Waals surface area contributed by atoms with Crippen LogP contribution in [0, 0.1) is 0 Å². The third-order valence-corrected chi connectivity index (χ3v) is 6.22. The number of guanidine groups is 1. The van der Waals surface area contributed by atoms with Crippen molar-refractivity contribution in [1.29, 1.82) is 0 Å². The zero-order chi connectivity index (χ0) is 20.8. The van der Waals surface area contributed by atoms with Crippen LogP contribution in [-0.4, -0.2) is 66.2 Å². The fraction of sp³-hybridized carbons (Fsp3) is 0.480. The summed E-state index contributed by atoms with van der Waals surface area (Å²) >= 11 is 0. The molecule has 5 nitrogen and oxygen atoms in total. The number of nitrogens with one attached hydrogen (secondary N) is 1. The maximum absolute atomic E-state index is 10.6. The number of hydrogen-bond donors (Lipinski definition) is 2. The summed E-state index contributed by atoms with van der Waals surface area (Å²) in [5.74, 6) is 1.48. The highest BCUT2D eigenvalue weighted by Gasteiger charge is 2.26. The lowest BCUT2D eigenvalue weighted by Crippen LogP contribution is -2.41. The predicted molar refractivity (Wildman–Crippen MR) is 123 cm³/mol. The lowest BCUT2D eigenvalue weighted by atomic mass is 9.99. The van der Waals surface area contributed by atoms with Crippen molar-refractivity contribution >= 4 is 5.96 Å². The maximum atomic E-state index is 10.6. The van der Waals surface area contributed by atoms with E-state index in [-0.39, 0.29) is 0 Å². The Labute approximate surface area is 180 Å². The van der Waals surface area contributed by atoms with Crippen molar-refractivity contribution in [3.05, 3.63) is 71.3 Å². The highest BCUT2D eigenvalue weighted by Crippen LogP contribution is 2.27. The van der Waals surface area contributed by atoms with Gasteiger partial charge in [-0.15, -0.1) is 0 Å². The number of aliphatic imine (C=N–C) groups is 1. The van der Waals surface area contributed by atoms with Crippen LogP contribution in [0.3, 0.4) is 0 Å². The zero-order valence-corrected chi connectivity index (χ0v) is 18.0. The van der Waals surface area contributed by atoms with E-state index < -0.39 is 6.10 Å². The number of aliphatic hydroxyl groups excluding tert-OH is 1. The second-order valence-corrected chi connectivity index (χ2v) is 8.44. The van der Waals surface area contributed by atoms with Gasteiger partial charge in [-0.25, -0.2) is 0 Å². The first kappa shape index (κ1) is 20.9. The smallest absolute Gasteiger partial charge is 0.194 e. The third-order valence-electron chi connectivity index (χ3n) is 6.22. The molecule has 0 saturated carbocycles. The number of nitrogens with zero attached hydrogens (tertiary/aromatic N) is 3. The molecule has 2 aliphatic heterocycles. The van der Waals surface area contributed by atoms with Crippen LogP contribution in [0.15, 0.2) is 59.6 Å². The van der Waals surface area contributed by atoms with Gasteiger partial charge < -0.3 is 15.3 Å². The van der Waals surface area contributed by atoms with E-state index >= 15 is 0 Å². The van der Waals surface area contributed by atoms with E-state index in [0.29, 0.717) is 19.0 Å². The van der Waals surface area contributed by atoms with Crippen LogP contribution in [0.1, 0.15) is 36.0 Å². The van der Waals surface area contributed by atoms with Gasteiger partial charge in [0.05, 0.1) is 12.6 Å². The molecule has 1 saturated heterocycles. The van der Waals surface area contributed by atoms with Crippen LogP contribution < -0.4 is 5.32 Å². The lowest BCUT2D eigenvalue weighted by Gasteiger charge is -2.30. The molecule has 2 unspecified atom stereocenters. The average molecular weight is 407 g/mol. The fourth-order valence-electron chi connectivity index (χ4n) is 4.63. The Hall–Kier alpha value is -2.37. The van der Waals surface area contributed by atoms with Crippen LogP contribution in [-0.2, 0) is 13.0 Å². The summed E-state index contributed by atoms with van der Waals surface area (Å²) in [6, 6.07) is 19.4. The van der Waals surface area contributed by atoms with Crippen molar-refractivity contribution in [3.63, 3.8) is 0 Å². The van der Waals surface area contributed by atoms with Gasteiger partial charge >= 0.3 is 0 Å². The Bertz CT molecular complexity index is 838. The number of likely N-dealkylation sites (tertiary alicyclic amines) is 1.